The summed E-state index contributed by atoms with van der Waals surface area (Å²) in [5, 5.41) is 1.17. The fraction of sp³-hybridized carbons (Fsp3) is 0.583. The number of rotatable bonds is 2. The van der Waals surface area contributed by atoms with Gasteiger partial charge in [-0.25, -0.2) is 4.98 Å². The third-order valence-electron chi connectivity index (χ3n) is 3.41. The van der Waals surface area contributed by atoms with E-state index in [1.807, 2.05) is 7.05 Å². The number of aromatic nitrogens is 1. The number of pyridine rings is 1. The first-order chi connectivity index (χ1) is 8.08. The van der Waals surface area contributed by atoms with Gasteiger partial charge >= 0.3 is 0 Å². The van der Waals surface area contributed by atoms with Gasteiger partial charge in [-0.2, -0.15) is 0 Å². The van der Waals surface area contributed by atoms with Crippen molar-refractivity contribution in [2.45, 2.75) is 37.8 Å². The Labute approximate surface area is 112 Å². The van der Waals surface area contributed by atoms with Gasteiger partial charge in [0.15, 0.2) is 0 Å². The highest BCUT2D eigenvalue weighted by Crippen LogP contribution is 2.30. The van der Waals surface area contributed by atoms with Crippen molar-refractivity contribution in [3.63, 3.8) is 0 Å². The lowest BCUT2D eigenvalue weighted by atomic mass is 9.91. The Morgan fingerprint density at radius 2 is 1.94 bits per heavy atom. The summed E-state index contributed by atoms with van der Waals surface area (Å²) in [6.45, 7) is 0. The van der Waals surface area contributed by atoms with Gasteiger partial charge in [-0.3, -0.25) is 0 Å². The van der Waals surface area contributed by atoms with Gasteiger partial charge in [0.25, 0.3) is 0 Å². The predicted molar refractivity (Wildman–Crippen MR) is 72.9 cm³/mol. The second-order valence-corrected chi connectivity index (χ2v) is 5.48. The van der Waals surface area contributed by atoms with E-state index < -0.39 is 0 Å². The summed E-state index contributed by atoms with van der Waals surface area (Å²) in [6.07, 6.45) is 5.96. The van der Waals surface area contributed by atoms with Gasteiger partial charge < -0.3 is 10.6 Å². The molecule has 0 aliphatic heterocycles. The van der Waals surface area contributed by atoms with E-state index in [-0.39, 0.29) is 0 Å². The molecule has 0 bridgehead atoms. The van der Waals surface area contributed by atoms with Gasteiger partial charge in [0.1, 0.15) is 5.82 Å². The standard InChI is InChI=1S/C12H17Cl2N3/c1-17(10-4-2-9(15)3-5-10)12-11(14)6-8(13)7-16-12/h6-7,9-10H,2-5,15H2,1H3. The molecule has 3 nitrogen and oxygen atoms in total. The molecule has 0 aromatic carbocycles. The fourth-order valence-electron chi connectivity index (χ4n) is 2.33. The van der Waals surface area contributed by atoms with Crippen LogP contribution < -0.4 is 10.6 Å². The van der Waals surface area contributed by atoms with Crippen molar-refractivity contribution in [1.82, 2.24) is 4.98 Å². The van der Waals surface area contributed by atoms with Crippen LogP contribution in [0.1, 0.15) is 25.7 Å². The largest absolute Gasteiger partial charge is 0.355 e. The molecule has 1 fully saturated rings. The highest BCUT2D eigenvalue weighted by Gasteiger charge is 2.23. The van der Waals surface area contributed by atoms with Crippen molar-refractivity contribution in [1.29, 1.82) is 0 Å². The van der Waals surface area contributed by atoms with E-state index >= 15 is 0 Å². The summed E-state index contributed by atoms with van der Waals surface area (Å²) >= 11 is 12.0. The first-order valence-electron chi connectivity index (χ1n) is 5.87. The van der Waals surface area contributed by atoms with Crippen molar-refractivity contribution in [2.24, 2.45) is 5.73 Å². The average molecular weight is 274 g/mol. The van der Waals surface area contributed by atoms with Gasteiger partial charge in [-0.05, 0) is 31.7 Å². The van der Waals surface area contributed by atoms with E-state index in [0.717, 1.165) is 31.5 Å². The van der Waals surface area contributed by atoms with Gasteiger partial charge in [-0.15, -0.1) is 0 Å². The van der Waals surface area contributed by atoms with Gasteiger partial charge in [0.2, 0.25) is 0 Å². The van der Waals surface area contributed by atoms with Crippen LogP contribution in [-0.2, 0) is 0 Å². The van der Waals surface area contributed by atoms with Crippen LogP contribution in [0.2, 0.25) is 10.0 Å². The molecule has 0 amide bonds. The van der Waals surface area contributed by atoms with E-state index in [1.165, 1.54) is 0 Å². The monoisotopic (exact) mass is 273 g/mol. The van der Waals surface area contributed by atoms with E-state index in [4.69, 9.17) is 28.9 Å². The van der Waals surface area contributed by atoms with Crippen LogP contribution >= 0.6 is 23.2 Å². The van der Waals surface area contributed by atoms with E-state index in [1.54, 1.807) is 12.3 Å². The van der Waals surface area contributed by atoms with E-state index in [0.29, 0.717) is 22.1 Å². The van der Waals surface area contributed by atoms with Gasteiger partial charge in [-0.1, -0.05) is 23.2 Å². The lowest BCUT2D eigenvalue weighted by Gasteiger charge is -2.34. The number of hydrogen-bond donors (Lipinski definition) is 1. The second kappa shape index (κ2) is 5.42. The van der Waals surface area contributed by atoms with E-state index in [2.05, 4.69) is 9.88 Å². The lowest BCUT2D eigenvalue weighted by molar-refractivity contribution is 0.384. The normalized spacial score (nSPS) is 24.7. The fourth-order valence-corrected chi connectivity index (χ4v) is 2.84. The minimum atomic E-state index is 0.355. The van der Waals surface area contributed by atoms with Crippen molar-refractivity contribution >= 4 is 29.0 Å². The number of hydrogen-bond acceptors (Lipinski definition) is 3. The molecule has 0 atom stereocenters. The molecule has 17 heavy (non-hydrogen) atoms. The Hall–Kier alpha value is -0.510. The highest BCUT2D eigenvalue weighted by atomic mass is 35.5. The summed E-state index contributed by atoms with van der Waals surface area (Å²) in [7, 11) is 2.03. The molecule has 0 unspecified atom stereocenters. The molecular formula is C12H17Cl2N3. The van der Waals surface area contributed by atoms with Crippen molar-refractivity contribution in [2.75, 3.05) is 11.9 Å². The Morgan fingerprint density at radius 3 is 2.53 bits per heavy atom. The summed E-state index contributed by atoms with van der Waals surface area (Å²) < 4.78 is 0. The molecule has 5 heteroatoms. The quantitative estimate of drug-likeness (QED) is 0.901. The number of halogens is 2. The molecule has 2 N–H and O–H groups in total. The Balaban J connectivity index is 2.11. The number of nitrogens with zero attached hydrogens (tertiary/aromatic N) is 2. The molecule has 1 aromatic rings. The number of anilines is 1. The molecule has 1 heterocycles. The molecule has 1 aliphatic rings. The molecule has 1 saturated carbocycles. The Kier molecular flexibility index (Phi) is 4.13. The van der Waals surface area contributed by atoms with E-state index in [9.17, 15) is 0 Å². The predicted octanol–water partition coefficient (Wildman–Crippen LogP) is 3.09. The second-order valence-electron chi connectivity index (χ2n) is 4.64. The van der Waals surface area contributed by atoms with Crippen LogP contribution in [0, 0.1) is 0 Å². The van der Waals surface area contributed by atoms with Crippen LogP contribution in [-0.4, -0.2) is 24.1 Å². The molecule has 94 valence electrons. The van der Waals surface area contributed by atoms with Crippen LogP contribution in [0.15, 0.2) is 12.3 Å². The Bertz CT molecular complexity index is 389. The molecule has 0 saturated heterocycles. The zero-order chi connectivity index (χ0) is 12.4. The lowest BCUT2D eigenvalue weighted by Crippen LogP contribution is -2.39. The van der Waals surface area contributed by atoms with Gasteiger partial charge in [0.05, 0.1) is 10.0 Å². The smallest absolute Gasteiger partial charge is 0.147 e. The summed E-state index contributed by atoms with van der Waals surface area (Å²) in [5.74, 6) is 0.802. The minimum absolute atomic E-state index is 0.355. The summed E-state index contributed by atoms with van der Waals surface area (Å²) in [4.78, 5) is 6.45. The zero-order valence-corrected chi connectivity index (χ0v) is 11.4. The third-order valence-corrected chi connectivity index (χ3v) is 3.90. The van der Waals surface area contributed by atoms with Crippen LogP contribution in [0.3, 0.4) is 0 Å². The number of nitrogens with two attached hydrogens (primary N) is 1. The molecule has 1 aliphatic carbocycles. The first kappa shape index (κ1) is 12.9. The molecule has 0 spiro atoms. The van der Waals surface area contributed by atoms with Crippen molar-refractivity contribution in [3.05, 3.63) is 22.3 Å². The van der Waals surface area contributed by atoms with Crippen LogP contribution in [0.25, 0.3) is 0 Å². The average Bonchev–Trinajstić information content (AvgIpc) is 2.29. The maximum absolute atomic E-state index is 6.16. The Morgan fingerprint density at radius 1 is 1.29 bits per heavy atom. The maximum Gasteiger partial charge on any atom is 0.147 e. The first-order valence-corrected chi connectivity index (χ1v) is 6.63. The molecule has 1 aromatic heterocycles. The third kappa shape index (κ3) is 3.03. The maximum atomic E-state index is 6.16. The SMILES string of the molecule is CN(c1ncc(Cl)cc1Cl)C1CCC(N)CC1. The van der Waals surface area contributed by atoms with Crippen LogP contribution in [0.4, 0.5) is 5.82 Å². The van der Waals surface area contributed by atoms with Crippen LogP contribution in [0.5, 0.6) is 0 Å². The van der Waals surface area contributed by atoms with Crippen molar-refractivity contribution in [3.8, 4) is 0 Å². The zero-order valence-electron chi connectivity index (χ0n) is 9.87. The molecular weight excluding hydrogens is 257 g/mol. The molecule has 0 radical (unpaired) electrons. The molecule has 2 rings (SSSR count). The highest BCUT2D eigenvalue weighted by molar-refractivity contribution is 6.36. The van der Waals surface area contributed by atoms with Gasteiger partial charge in [0, 0.05) is 25.3 Å². The topological polar surface area (TPSA) is 42.2 Å². The van der Waals surface area contributed by atoms with Crippen molar-refractivity contribution < 1.29 is 0 Å². The summed E-state index contributed by atoms with van der Waals surface area (Å²) in [5.41, 5.74) is 5.91. The summed E-state index contributed by atoms with van der Waals surface area (Å²) in [6, 6.07) is 2.56. The minimum Gasteiger partial charge on any atom is -0.355 e.